The first-order valence-corrected chi connectivity index (χ1v) is 16.5. The highest BCUT2D eigenvalue weighted by molar-refractivity contribution is 8.00. The van der Waals surface area contributed by atoms with Gasteiger partial charge in [-0.1, -0.05) is 36.4 Å². The van der Waals surface area contributed by atoms with E-state index in [1.54, 1.807) is 73.7 Å². The lowest BCUT2D eigenvalue weighted by Crippen LogP contribution is -2.30. The Labute approximate surface area is 280 Å². The molecule has 0 radical (unpaired) electrons. The van der Waals surface area contributed by atoms with Crippen molar-refractivity contribution < 1.29 is 23.5 Å². The molecule has 0 aliphatic carbocycles. The number of nitrogens with one attached hydrogen (secondary N) is 3. The van der Waals surface area contributed by atoms with Gasteiger partial charge in [-0.05, 0) is 86.7 Å². The summed E-state index contributed by atoms with van der Waals surface area (Å²) >= 11 is 2.70. The highest BCUT2D eigenvalue weighted by Gasteiger charge is 2.18. The Balaban J connectivity index is 1.20. The molecule has 4 aromatic carbocycles. The molecule has 5 aromatic rings. The molecular formula is C36H31FN4O4S2. The summed E-state index contributed by atoms with van der Waals surface area (Å²) in [6, 6.07) is 28.9. The zero-order valence-corrected chi connectivity index (χ0v) is 27.2. The summed E-state index contributed by atoms with van der Waals surface area (Å²) in [7, 11) is 0. The molecule has 0 aliphatic heterocycles. The number of nitrogens with zero attached hydrogens (tertiary/aromatic N) is 1. The summed E-state index contributed by atoms with van der Waals surface area (Å²) in [5.74, 6) is -1.08. The molecule has 3 N–H and O–H groups in total. The van der Waals surface area contributed by atoms with Crippen molar-refractivity contribution in [3.8, 4) is 17.0 Å². The standard InChI is InChI=1S/C36H31FN4O4S2/c1-3-45-28-17-13-24(14-18-28)32-22-46-36(40-32)41-33(42)23(2)47-29-19-15-27(16-20-29)38-35(44)31(21-26-11-7-8-12-30(26)37)39-34(43)25-9-5-4-6-10-25/h4-23H,3H2,1-2H3,(H,38,44)(H,39,43)(H,40,41,42)/b31-21-. The molecule has 1 heterocycles. The van der Waals surface area contributed by atoms with Crippen molar-refractivity contribution in [3.05, 3.63) is 131 Å². The van der Waals surface area contributed by atoms with E-state index in [0.717, 1.165) is 21.9 Å². The van der Waals surface area contributed by atoms with Gasteiger partial charge in [-0.25, -0.2) is 9.37 Å². The number of thiazole rings is 1. The Morgan fingerprint density at radius 1 is 0.915 bits per heavy atom. The lowest BCUT2D eigenvalue weighted by molar-refractivity contribution is -0.115. The molecule has 1 unspecified atom stereocenters. The van der Waals surface area contributed by atoms with E-state index in [1.165, 1.54) is 41.3 Å². The molecule has 0 saturated carbocycles. The Morgan fingerprint density at radius 3 is 2.32 bits per heavy atom. The number of carbonyl (C=O) groups is 3. The third-order valence-corrected chi connectivity index (χ3v) is 8.59. The van der Waals surface area contributed by atoms with Gasteiger partial charge in [0.15, 0.2) is 5.13 Å². The van der Waals surface area contributed by atoms with Crippen LogP contribution in [0.1, 0.15) is 29.8 Å². The first kappa shape index (κ1) is 33.1. The highest BCUT2D eigenvalue weighted by Crippen LogP contribution is 2.29. The summed E-state index contributed by atoms with van der Waals surface area (Å²) in [4.78, 5) is 44.4. The maximum absolute atomic E-state index is 14.4. The van der Waals surface area contributed by atoms with Crippen LogP contribution < -0.4 is 20.7 Å². The molecular weight excluding hydrogens is 636 g/mol. The predicted octanol–water partition coefficient (Wildman–Crippen LogP) is 7.88. The van der Waals surface area contributed by atoms with Crippen molar-refractivity contribution >= 4 is 57.7 Å². The lowest BCUT2D eigenvalue weighted by Gasteiger charge is -2.13. The number of anilines is 2. The molecule has 1 atom stereocenters. The Kier molecular flexibility index (Phi) is 11.2. The van der Waals surface area contributed by atoms with E-state index in [4.69, 9.17) is 4.74 Å². The fourth-order valence-electron chi connectivity index (χ4n) is 4.32. The normalized spacial score (nSPS) is 11.8. The van der Waals surface area contributed by atoms with E-state index in [2.05, 4.69) is 20.9 Å². The molecule has 238 valence electrons. The summed E-state index contributed by atoms with van der Waals surface area (Å²) < 4.78 is 19.9. The molecule has 8 nitrogen and oxygen atoms in total. The monoisotopic (exact) mass is 666 g/mol. The fourth-order valence-corrected chi connectivity index (χ4v) is 5.91. The molecule has 0 aliphatic rings. The minimum Gasteiger partial charge on any atom is -0.494 e. The van der Waals surface area contributed by atoms with Crippen molar-refractivity contribution in [2.24, 2.45) is 0 Å². The summed E-state index contributed by atoms with van der Waals surface area (Å²) in [6.45, 7) is 4.32. The number of hydrogen-bond donors (Lipinski definition) is 3. The first-order valence-electron chi connectivity index (χ1n) is 14.7. The zero-order chi connectivity index (χ0) is 33.2. The molecule has 3 amide bonds. The summed E-state index contributed by atoms with van der Waals surface area (Å²) in [5.41, 5.74) is 2.51. The number of halogens is 1. The number of carbonyl (C=O) groups excluding carboxylic acids is 3. The molecule has 0 spiro atoms. The van der Waals surface area contributed by atoms with Crippen LogP contribution in [0.3, 0.4) is 0 Å². The second-order valence-corrected chi connectivity index (χ2v) is 12.4. The van der Waals surface area contributed by atoms with E-state index in [9.17, 15) is 18.8 Å². The van der Waals surface area contributed by atoms with Gasteiger partial charge in [-0.15, -0.1) is 23.1 Å². The number of aromatic nitrogens is 1. The van der Waals surface area contributed by atoms with Gasteiger partial charge in [0.05, 0.1) is 17.6 Å². The van der Waals surface area contributed by atoms with E-state index in [-0.39, 0.29) is 17.2 Å². The van der Waals surface area contributed by atoms with Crippen LogP contribution in [0.5, 0.6) is 5.75 Å². The van der Waals surface area contributed by atoms with E-state index in [1.807, 2.05) is 36.6 Å². The van der Waals surface area contributed by atoms with Gasteiger partial charge in [0.1, 0.15) is 17.3 Å². The van der Waals surface area contributed by atoms with Crippen LogP contribution in [0.2, 0.25) is 0 Å². The molecule has 1 aromatic heterocycles. The third kappa shape index (κ3) is 9.15. The van der Waals surface area contributed by atoms with Crippen LogP contribution in [-0.2, 0) is 9.59 Å². The average Bonchev–Trinajstić information content (AvgIpc) is 3.55. The van der Waals surface area contributed by atoms with Crippen molar-refractivity contribution in [2.45, 2.75) is 24.0 Å². The van der Waals surface area contributed by atoms with Crippen molar-refractivity contribution in [1.29, 1.82) is 0 Å². The number of benzene rings is 4. The van der Waals surface area contributed by atoms with Crippen molar-refractivity contribution in [2.75, 3.05) is 17.2 Å². The van der Waals surface area contributed by atoms with E-state index in [0.29, 0.717) is 23.0 Å². The van der Waals surface area contributed by atoms with Crippen LogP contribution in [0.4, 0.5) is 15.2 Å². The zero-order valence-electron chi connectivity index (χ0n) is 25.5. The Morgan fingerprint density at radius 2 is 1.62 bits per heavy atom. The average molecular weight is 667 g/mol. The number of rotatable bonds is 12. The third-order valence-electron chi connectivity index (χ3n) is 6.72. The van der Waals surface area contributed by atoms with Gasteiger partial charge in [0, 0.05) is 32.7 Å². The van der Waals surface area contributed by atoms with Crippen LogP contribution >= 0.6 is 23.1 Å². The molecule has 0 bridgehead atoms. The van der Waals surface area contributed by atoms with Gasteiger partial charge in [-0.2, -0.15) is 0 Å². The SMILES string of the molecule is CCOc1ccc(-c2csc(NC(=O)C(C)Sc3ccc(NC(=O)/C(=C/c4ccccc4F)NC(=O)c4ccccc4)cc3)n2)cc1. The van der Waals surface area contributed by atoms with E-state index >= 15 is 0 Å². The van der Waals surface area contributed by atoms with Gasteiger partial charge >= 0.3 is 0 Å². The number of ether oxygens (including phenoxy) is 1. The van der Waals surface area contributed by atoms with Gasteiger partial charge in [0.25, 0.3) is 11.8 Å². The van der Waals surface area contributed by atoms with Crippen LogP contribution in [0.25, 0.3) is 17.3 Å². The fraction of sp³-hybridized carbons (Fsp3) is 0.111. The van der Waals surface area contributed by atoms with Gasteiger partial charge < -0.3 is 20.7 Å². The van der Waals surface area contributed by atoms with Crippen molar-refractivity contribution in [1.82, 2.24) is 10.3 Å². The molecule has 11 heteroatoms. The highest BCUT2D eigenvalue weighted by atomic mass is 32.2. The van der Waals surface area contributed by atoms with Crippen LogP contribution in [0.15, 0.2) is 119 Å². The first-order chi connectivity index (χ1) is 22.8. The number of hydrogen-bond acceptors (Lipinski definition) is 7. The Hall–Kier alpha value is -5.26. The molecule has 5 rings (SSSR count). The quantitative estimate of drug-likeness (QED) is 0.0924. The summed E-state index contributed by atoms with van der Waals surface area (Å²) in [5, 5.41) is 10.2. The van der Waals surface area contributed by atoms with Gasteiger partial charge in [-0.3, -0.25) is 14.4 Å². The number of amides is 3. The predicted molar refractivity (Wildman–Crippen MR) is 186 cm³/mol. The van der Waals surface area contributed by atoms with Gasteiger partial charge in [0.2, 0.25) is 5.91 Å². The lowest BCUT2D eigenvalue weighted by atomic mass is 10.1. The topological polar surface area (TPSA) is 109 Å². The second kappa shape index (κ2) is 15.8. The minimum absolute atomic E-state index is 0.124. The van der Waals surface area contributed by atoms with Crippen molar-refractivity contribution in [3.63, 3.8) is 0 Å². The maximum Gasteiger partial charge on any atom is 0.272 e. The maximum atomic E-state index is 14.4. The van der Waals surface area contributed by atoms with E-state index < -0.39 is 22.9 Å². The summed E-state index contributed by atoms with van der Waals surface area (Å²) in [6.07, 6.45) is 1.29. The molecule has 0 saturated heterocycles. The molecule has 0 fully saturated rings. The largest absolute Gasteiger partial charge is 0.494 e. The van der Waals surface area contributed by atoms with Crippen LogP contribution in [0, 0.1) is 5.82 Å². The number of thioether (sulfide) groups is 1. The second-order valence-electron chi connectivity index (χ2n) is 10.1. The molecule has 47 heavy (non-hydrogen) atoms. The smallest absolute Gasteiger partial charge is 0.272 e. The van der Waals surface area contributed by atoms with Crippen LogP contribution in [-0.4, -0.2) is 34.6 Å². The Bertz CT molecular complexity index is 1880. The minimum atomic E-state index is -0.626.